The fourth-order valence-corrected chi connectivity index (χ4v) is 3.78. The molecule has 0 saturated heterocycles. The largest absolute Gasteiger partial charge is 0.468 e. The van der Waals surface area contributed by atoms with Crippen molar-refractivity contribution >= 4 is 28.8 Å². The molecule has 3 aromatic rings. The fraction of sp³-hybridized carbons (Fsp3) is 0.400. The molecule has 1 atom stereocenters. The number of aromatic nitrogens is 4. The minimum atomic E-state index is -0.656. The Kier molecular flexibility index (Phi) is 4.52. The molecule has 2 aromatic heterocycles. The number of hydrogen-bond donors (Lipinski definition) is 0. The number of nitrogens with zero attached hydrogens (tertiary/aromatic N) is 5. The van der Waals surface area contributed by atoms with Crippen LogP contribution >= 0.6 is 0 Å². The first-order valence-electron chi connectivity index (χ1n) is 9.43. The lowest BCUT2D eigenvalue weighted by molar-refractivity contribution is -0.141. The van der Waals surface area contributed by atoms with E-state index in [-0.39, 0.29) is 5.92 Å². The highest BCUT2D eigenvalue weighted by Gasteiger charge is 2.30. The Bertz CT molecular complexity index is 1220. The molecule has 0 saturated carbocycles. The van der Waals surface area contributed by atoms with Gasteiger partial charge >= 0.3 is 11.7 Å². The van der Waals surface area contributed by atoms with Gasteiger partial charge in [-0.25, -0.2) is 9.36 Å². The van der Waals surface area contributed by atoms with Gasteiger partial charge in [-0.05, 0) is 25.0 Å². The number of fused-ring (bicyclic) bond motifs is 3. The quantitative estimate of drug-likeness (QED) is 0.616. The van der Waals surface area contributed by atoms with E-state index in [0.29, 0.717) is 23.7 Å². The van der Waals surface area contributed by atoms with E-state index in [1.54, 1.807) is 7.05 Å². The van der Waals surface area contributed by atoms with Crippen LogP contribution in [-0.2, 0) is 29.7 Å². The molecule has 152 valence electrons. The van der Waals surface area contributed by atoms with Crippen LogP contribution in [0.3, 0.4) is 0 Å². The smallest absolute Gasteiger partial charge is 0.333 e. The van der Waals surface area contributed by atoms with Crippen molar-refractivity contribution < 1.29 is 9.53 Å². The highest BCUT2D eigenvalue weighted by atomic mass is 16.5. The molecule has 3 heterocycles. The number of anilines is 2. The van der Waals surface area contributed by atoms with Crippen molar-refractivity contribution in [3.8, 4) is 0 Å². The molecule has 0 radical (unpaired) electrons. The second-order valence-corrected chi connectivity index (χ2v) is 7.55. The number of esters is 1. The first-order valence-corrected chi connectivity index (χ1v) is 9.43. The Morgan fingerprint density at radius 2 is 1.90 bits per heavy atom. The number of benzene rings is 1. The maximum atomic E-state index is 13.1. The van der Waals surface area contributed by atoms with Gasteiger partial charge in [0.15, 0.2) is 11.2 Å². The van der Waals surface area contributed by atoms with Crippen molar-refractivity contribution in [3.63, 3.8) is 0 Å². The average Bonchev–Trinajstić information content (AvgIpc) is 3.09. The van der Waals surface area contributed by atoms with Crippen LogP contribution in [-0.4, -0.2) is 38.3 Å². The topological polar surface area (TPSA) is 91.4 Å². The van der Waals surface area contributed by atoms with Crippen molar-refractivity contribution in [1.82, 2.24) is 18.7 Å². The van der Waals surface area contributed by atoms with Crippen molar-refractivity contribution in [2.24, 2.45) is 13.0 Å². The lowest BCUT2D eigenvalue weighted by atomic mass is 10.1. The van der Waals surface area contributed by atoms with E-state index in [0.717, 1.165) is 22.4 Å². The van der Waals surface area contributed by atoms with Gasteiger partial charge in [0.2, 0.25) is 5.95 Å². The van der Waals surface area contributed by atoms with Crippen LogP contribution in [0.15, 0.2) is 33.9 Å². The molecule has 0 fully saturated rings. The Balaban J connectivity index is 1.97. The maximum absolute atomic E-state index is 13.1. The maximum Gasteiger partial charge on any atom is 0.333 e. The molecule has 4 rings (SSSR count). The van der Waals surface area contributed by atoms with E-state index in [9.17, 15) is 14.4 Å². The summed E-state index contributed by atoms with van der Waals surface area (Å²) in [5.74, 6) is 0.216. The molecule has 0 bridgehead atoms. The summed E-state index contributed by atoms with van der Waals surface area (Å²) in [4.78, 5) is 44.2. The Labute approximate surface area is 166 Å². The number of rotatable bonds is 3. The number of imidazole rings is 1. The Hall–Kier alpha value is -3.36. The van der Waals surface area contributed by atoms with Crippen LogP contribution in [0.25, 0.3) is 11.2 Å². The summed E-state index contributed by atoms with van der Waals surface area (Å²) in [5.41, 5.74) is 1.61. The van der Waals surface area contributed by atoms with Gasteiger partial charge in [0.1, 0.15) is 6.54 Å². The standard InChI is InChI=1S/C20H23N5O4/c1-12-5-7-14(8-6-12)23-9-13(2)10-24-16-17(21-19(23)24)22(3)20(28)25(18(16)27)11-15(26)29-4/h5-8,13H,9-11H2,1-4H3/t13-/m1/s1. The lowest BCUT2D eigenvalue weighted by Crippen LogP contribution is -2.42. The fourth-order valence-electron chi connectivity index (χ4n) is 3.78. The number of hydrogen-bond acceptors (Lipinski definition) is 6. The van der Waals surface area contributed by atoms with E-state index in [1.807, 2.05) is 35.8 Å². The highest BCUT2D eigenvalue weighted by molar-refractivity contribution is 5.77. The van der Waals surface area contributed by atoms with E-state index in [1.165, 1.54) is 11.7 Å². The molecule has 0 aliphatic carbocycles. The van der Waals surface area contributed by atoms with E-state index < -0.39 is 23.8 Å². The summed E-state index contributed by atoms with van der Waals surface area (Å²) < 4.78 is 8.69. The number of methoxy groups -OCH3 is 1. The normalized spacial score (nSPS) is 16.1. The molecule has 29 heavy (non-hydrogen) atoms. The third-order valence-corrected chi connectivity index (χ3v) is 5.30. The Morgan fingerprint density at radius 3 is 2.55 bits per heavy atom. The zero-order valence-electron chi connectivity index (χ0n) is 16.9. The molecule has 1 aliphatic heterocycles. The third-order valence-electron chi connectivity index (χ3n) is 5.30. The zero-order chi connectivity index (χ0) is 20.9. The second kappa shape index (κ2) is 6.91. The molecule has 0 amide bonds. The Morgan fingerprint density at radius 1 is 1.21 bits per heavy atom. The molecule has 9 heteroatoms. The molecular formula is C20H23N5O4. The van der Waals surface area contributed by atoms with E-state index >= 15 is 0 Å². The van der Waals surface area contributed by atoms with Gasteiger partial charge in [-0.2, -0.15) is 4.98 Å². The zero-order valence-corrected chi connectivity index (χ0v) is 16.9. The van der Waals surface area contributed by atoms with E-state index in [4.69, 9.17) is 0 Å². The van der Waals surface area contributed by atoms with Crippen LogP contribution in [0.2, 0.25) is 0 Å². The molecule has 1 aliphatic rings. The second-order valence-electron chi connectivity index (χ2n) is 7.55. The van der Waals surface area contributed by atoms with E-state index in [2.05, 4.69) is 21.5 Å². The number of ether oxygens (including phenoxy) is 1. The van der Waals surface area contributed by atoms with Gasteiger partial charge in [0.25, 0.3) is 5.56 Å². The predicted octanol–water partition coefficient (Wildman–Crippen LogP) is 1.17. The SMILES string of the molecule is COC(=O)Cn1c(=O)c2c(nc3n2C[C@H](C)CN3c2ccc(C)cc2)n(C)c1=O. The van der Waals surface area contributed by atoms with Gasteiger partial charge in [-0.15, -0.1) is 0 Å². The van der Waals surface area contributed by atoms with Crippen molar-refractivity contribution in [2.75, 3.05) is 18.6 Å². The summed E-state index contributed by atoms with van der Waals surface area (Å²) in [6, 6.07) is 8.10. The van der Waals surface area contributed by atoms with Crippen molar-refractivity contribution in [2.45, 2.75) is 26.9 Å². The van der Waals surface area contributed by atoms with Gasteiger partial charge < -0.3 is 14.2 Å². The van der Waals surface area contributed by atoms with Gasteiger partial charge in [0, 0.05) is 25.8 Å². The third kappa shape index (κ3) is 3.02. The van der Waals surface area contributed by atoms with Crippen molar-refractivity contribution in [1.29, 1.82) is 0 Å². The average molecular weight is 397 g/mol. The number of carbonyl (C=O) groups is 1. The first kappa shape index (κ1) is 19.0. The summed E-state index contributed by atoms with van der Waals surface area (Å²) >= 11 is 0. The minimum absolute atomic E-state index is 0.256. The molecule has 1 aromatic carbocycles. The highest BCUT2D eigenvalue weighted by Crippen LogP contribution is 2.32. The molecule has 0 spiro atoms. The molecule has 0 unspecified atom stereocenters. The van der Waals surface area contributed by atoms with Crippen LogP contribution in [0.1, 0.15) is 12.5 Å². The van der Waals surface area contributed by atoms with Crippen molar-refractivity contribution in [3.05, 3.63) is 50.7 Å². The summed E-state index contributed by atoms with van der Waals surface area (Å²) in [6.07, 6.45) is 0. The summed E-state index contributed by atoms with van der Waals surface area (Å²) in [5, 5.41) is 0. The van der Waals surface area contributed by atoms with Crippen LogP contribution in [0.4, 0.5) is 11.6 Å². The first-order chi connectivity index (χ1) is 13.8. The van der Waals surface area contributed by atoms with Gasteiger partial charge in [-0.3, -0.25) is 14.2 Å². The molecule has 0 N–H and O–H groups in total. The minimum Gasteiger partial charge on any atom is -0.468 e. The van der Waals surface area contributed by atoms with Crippen LogP contribution < -0.4 is 16.1 Å². The van der Waals surface area contributed by atoms with Crippen LogP contribution in [0, 0.1) is 12.8 Å². The summed E-state index contributed by atoms with van der Waals surface area (Å²) in [7, 11) is 2.77. The number of aryl methyl sites for hydroxylation is 2. The monoisotopic (exact) mass is 397 g/mol. The predicted molar refractivity (Wildman–Crippen MR) is 109 cm³/mol. The molecular weight excluding hydrogens is 374 g/mol. The van der Waals surface area contributed by atoms with Gasteiger partial charge in [-0.1, -0.05) is 24.6 Å². The lowest BCUT2D eigenvalue weighted by Gasteiger charge is -2.33. The number of carbonyl (C=O) groups excluding carboxylic acids is 1. The molecule has 9 nitrogen and oxygen atoms in total. The van der Waals surface area contributed by atoms with Gasteiger partial charge in [0.05, 0.1) is 7.11 Å². The van der Waals surface area contributed by atoms with Crippen LogP contribution in [0.5, 0.6) is 0 Å². The summed E-state index contributed by atoms with van der Waals surface area (Å²) in [6.45, 7) is 5.04.